The van der Waals surface area contributed by atoms with Crippen LogP contribution >= 0.6 is 0 Å². The summed E-state index contributed by atoms with van der Waals surface area (Å²) in [6.45, 7) is 8.78. The van der Waals surface area contributed by atoms with Crippen molar-refractivity contribution in [3.8, 4) is 11.8 Å². The summed E-state index contributed by atoms with van der Waals surface area (Å²) in [7, 11) is 0. The molecule has 0 aliphatic heterocycles. The van der Waals surface area contributed by atoms with E-state index >= 15 is 0 Å². The van der Waals surface area contributed by atoms with Gasteiger partial charge in [-0.2, -0.15) is 0 Å². The molecule has 0 amide bonds. The predicted octanol–water partition coefficient (Wildman–Crippen LogP) is 4.59. The van der Waals surface area contributed by atoms with Gasteiger partial charge in [0, 0.05) is 32.5 Å². The number of carbonyl (C=O) groups excluding carboxylic acids is 1. The predicted molar refractivity (Wildman–Crippen MR) is 96.4 cm³/mol. The zero-order chi connectivity index (χ0) is 17.4. The van der Waals surface area contributed by atoms with Crippen LogP contribution in [0, 0.1) is 35.0 Å². The Morgan fingerprint density at radius 3 is 2.42 bits per heavy atom. The quantitative estimate of drug-likeness (QED) is 0.333. The van der Waals surface area contributed by atoms with Gasteiger partial charge < -0.3 is 9.47 Å². The van der Waals surface area contributed by atoms with Crippen LogP contribution in [0.3, 0.4) is 0 Å². The van der Waals surface area contributed by atoms with Crippen molar-refractivity contribution in [2.24, 2.45) is 23.2 Å². The SMILES string of the molecule is CCC(C)(C)CCOCCCC(=O)OCC1[C@H]2CCC#CCC[C@@H]12. The zero-order valence-electron chi connectivity index (χ0n) is 15.7. The highest BCUT2D eigenvalue weighted by Crippen LogP contribution is 2.52. The number of esters is 1. The standard InChI is InChI=1S/C21H34O3/c1-4-21(2,3)13-15-23-14-9-12-20(22)24-16-19-17-10-7-5-6-8-11-18(17)19/h17-19H,4,7-16H2,1-3H3/t17-,18+,19?. The first-order chi connectivity index (χ1) is 11.5. The first-order valence-electron chi connectivity index (χ1n) is 9.72. The minimum atomic E-state index is -0.0667. The third-order valence-electron chi connectivity index (χ3n) is 5.83. The van der Waals surface area contributed by atoms with Gasteiger partial charge in [0.15, 0.2) is 0 Å². The fourth-order valence-electron chi connectivity index (χ4n) is 3.49. The van der Waals surface area contributed by atoms with E-state index in [1.54, 1.807) is 0 Å². The second-order valence-corrected chi connectivity index (χ2v) is 8.09. The largest absolute Gasteiger partial charge is 0.465 e. The van der Waals surface area contributed by atoms with Crippen LogP contribution in [-0.4, -0.2) is 25.8 Å². The molecule has 0 spiro atoms. The summed E-state index contributed by atoms with van der Waals surface area (Å²) in [4.78, 5) is 11.9. The van der Waals surface area contributed by atoms with E-state index in [2.05, 4.69) is 32.6 Å². The van der Waals surface area contributed by atoms with E-state index in [-0.39, 0.29) is 5.97 Å². The molecule has 0 aromatic rings. The molecule has 0 saturated heterocycles. The summed E-state index contributed by atoms with van der Waals surface area (Å²) in [6.07, 6.45) is 7.86. The van der Waals surface area contributed by atoms with Gasteiger partial charge in [-0.1, -0.05) is 27.2 Å². The molecule has 0 bridgehead atoms. The lowest BCUT2D eigenvalue weighted by atomic mass is 9.87. The molecule has 24 heavy (non-hydrogen) atoms. The summed E-state index contributed by atoms with van der Waals surface area (Å²) in [6, 6.07) is 0. The molecule has 136 valence electrons. The lowest BCUT2D eigenvalue weighted by Crippen LogP contribution is -2.14. The molecule has 2 rings (SSSR count). The van der Waals surface area contributed by atoms with Crippen molar-refractivity contribution in [2.45, 2.75) is 72.1 Å². The maximum absolute atomic E-state index is 11.9. The molecular weight excluding hydrogens is 300 g/mol. The molecule has 2 aliphatic rings. The fourth-order valence-corrected chi connectivity index (χ4v) is 3.49. The summed E-state index contributed by atoms with van der Waals surface area (Å²) < 4.78 is 11.1. The molecule has 0 heterocycles. The Morgan fingerprint density at radius 2 is 1.79 bits per heavy atom. The van der Waals surface area contributed by atoms with Crippen molar-refractivity contribution < 1.29 is 14.3 Å². The number of hydrogen-bond acceptors (Lipinski definition) is 3. The monoisotopic (exact) mass is 334 g/mol. The highest BCUT2D eigenvalue weighted by Gasteiger charge is 2.49. The van der Waals surface area contributed by atoms with Crippen molar-refractivity contribution >= 4 is 5.97 Å². The van der Waals surface area contributed by atoms with Gasteiger partial charge in [-0.05, 0) is 48.9 Å². The van der Waals surface area contributed by atoms with Crippen LogP contribution < -0.4 is 0 Å². The van der Waals surface area contributed by atoms with E-state index in [0.717, 1.165) is 50.5 Å². The highest BCUT2D eigenvalue weighted by atomic mass is 16.5. The van der Waals surface area contributed by atoms with Crippen molar-refractivity contribution in [3.63, 3.8) is 0 Å². The Labute approximate surface area is 147 Å². The van der Waals surface area contributed by atoms with Gasteiger partial charge in [-0.3, -0.25) is 4.79 Å². The maximum atomic E-state index is 11.9. The third kappa shape index (κ3) is 6.48. The third-order valence-corrected chi connectivity index (χ3v) is 5.83. The van der Waals surface area contributed by atoms with E-state index in [1.165, 1.54) is 12.8 Å². The second kappa shape index (κ2) is 9.47. The van der Waals surface area contributed by atoms with E-state index in [1.807, 2.05) is 0 Å². The molecule has 3 nitrogen and oxygen atoms in total. The minimum absolute atomic E-state index is 0.0667. The van der Waals surface area contributed by atoms with Gasteiger partial charge in [-0.25, -0.2) is 0 Å². The van der Waals surface area contributed by atoms with Crippen molar-refractivity contribution in [1.29, 1.82) is 0 Å². The molecule has 0 aromatic carbocycles. The Balaban J connectivity index is 1.48. The molecule has 0 aromatic heterocycles. The molecule has 1 saturated carbocycles. The summed E-state index contributed by atoms with van der Waals surface area (Å²) >= 11 is 0. The molecule has 3 atom stereocenters. The van der Waals surface area contributed by atoms with Gasteiger partial charge in [-0.15, -0.1) is 11.8 Å². The highest BCUT2D eigenvalue weighted by molar-refractivity contribution is 5.69. The smallest absolute Gasteiger partial charge is 0.305 e. The van der Waals surface area contributed by atoms with Crippen LogP contribution in [-0.2, 0) is 14.3 Å². The van der Waals surface area contributed by atoms with Gasteiger partial charge in [0.1, 0.15) is 0 Å². The second-order valence-electron chi connectivity index (χ2n) is 8.09. The minimum Gasteiger partial charge on any atom is -0.465 e. The molecule has 1 fully saturated rings. The van der Waals surface area contributed by atoms with E-state index < -0.39 is 0 Å². The summed E-state index contributed by atoms with van der Waals surface area (Å²) in [5.41, 5.74) is 0.350. The van der Waals surface area contributed by atoms with Gasteiger partial charge in [0.25, 0.3) is 0 Å². The average Bonchev–Trinajstić information content (AvgIpc) is 3.18. The molecule has 1 unspecified atom stereocenters. The first-order valence-corrected chi connectivity index (χ1v) is 9.72. The van der Waals surface area contributed by atoms with Gasteiger partial charge in [0.2, 0.25) is 0 Å². The molecule has 2 aliphatic carbocycles. The Morgan fingerprint density at radius 1 is 1.12 bits per heavy atom. The van der Waals surface area contributed by atoms with Crippen LogP contribution in [0.2, 0.25) is 0 Å². The van der Waals surface area contributed by atoms with Crippen LogP contribution in [0.1, 0.15) is 72.1 Å². The van der Waals surface area contributed by atoms with Crippen molar-refractivity contribution in [2.75, 3.05) is 19.8 Å². The van der Waals surface area contributed by atoms with E-state index in [0.29, 0.717) is 31.0 Å². The van der Waals surface area contributed by atoms with E-state index in [9.17, 15) is 4.79 Å². The molecule has 0 N–H and O–H groups in total. The van der Waals surface area contributed by atoms with Gasteiger partial charge >= 0.3 is 5.97 Å². The summed E-state index contributed by atoms with van der Waals surface area (Å²) in [5, 5.41) is 0. The number of carbonyl (C=O) groups is 1. The maximum Gasteiger partial charge on any atom is 0.305 e. The zero-order valence-corrected chi connectivity index (χ0v) is 15.7. The number of rotatable bonds is 10. The summed E-state index contributed by atoms with van der Waals surface area (Å²) in [5.74, 6) is 8.45. The Bertz CT molecular complexity index is 439. The van der Waals surface area contributed by atoms with Crippen LogP contribution in [0.5, 0.6) is 0 Å². The van der Waals surface area contributed by atoms with Crippen LogP contribution in [0.15, 0.2) is 0 Å². The first kappa shape index (κ1) is 19.3. The molecule has 3 heteroatoms. The van der Waals surface area contributed by atoms with Crippen molar-refractivity contribution in [3.05, 3.63) is 0 Å². The normalized spacial score (nSPS) is 25.7. The Hall–Kier alpha value is -1.01. The van der Waals surface area contributed by atoms with Crippen molar-refractivity contribution in [1.82, 2.24) is 0 Å². The Kier molecular flexibility index (Phi) is 7.62. The lowest BCUT2D eigenvalue weighted by Gasteiger charge is -2.22. The fraction of sp³-hybridized carbons (Fsp3) is 0.857. The molecule has 0 radical (unpaired) electrons. The van der Waals surface area contributed by atoms with Crippen LogP contribution in [0.4, 0.5) is 0 Å². The molecular formula is C21H34O3. The lowest BCUT2D eigenvalue weighted by molar-refractivity contribution is -0.144. The van der Waals surface area contributed by atoms with Gasteiger partial charge in [0.05, 0.1) is 6.61 Å². The number of fused-ring (bicyclic) bond motifs is 1. The number of hydrogen-bond donors (Lipinski definition) is 0. The topological polar surface area (TPSA) is 35.5 Å². The number of ether oxygens (including phenoxy) is 2. The van der Waals surface area contributed by atoms with Crippen LogP contribution in [0.25, 0.3) is 0 Å². The average molecular weight is 335 g/mol. The van der Waals surface area contributed by atoms with E-state index in [4.69, 9.17) is 9.47 Å².